The molecule has 0 heterocycles. The van der Waals surface area contributed by atoms with Gasteiger partial charge in [0.15, 0.2) is 0 Å². The normalized spacial score (nSPS) is 20.8. The van der Waals surface area contributed by atoms with Crippen molar-refractivity contribution in [3.8, 4) is 5.75 Å². The summed E-state index contributed by atoms with van der Waals surface area (Å²) in [6.07, 6.45) is 4.24. The predicted octanol–water partition coefficient (Wildman–Crippen LogP) is 2.72. The standard InChI is InChI=1S/C13H19NOS/c1-9(16-2)8-14-12-7-6-11-10(12)4-3-5-13(11)15/h3-5,9,12,14-15H,6-8H2,1-2H3. The number of hydrogen-bond acceptors (Lipinski definition) is 3. The van der Waals surface area contributed by atoms with E-state index in [1.165, 1.54) is 5.56 Å². The highest BCUT2D eigenvalue weighted by atomic mass is 32.2. The second-order valence-corrected chi connectivity index (χ2v) is 5.67. The molecule has 0 aromatic heterocycles. The summed E-state index contributed by atoms with van der Waals surface area (Å²) in [4.78, 5) is 0. The number of nitrogens with one attached hydrogen (secondary N) is 1. The molecule has 2 atom stereocenters. The molecular formula is C13H19NOS. The molecule has 0 bridgehead atoms. The summed E-state index contributed by atoms with van der Waals surface area (Å²) in [7, 11) is 0. The molecule has 3 heteroatoms. The van der Waals surface area contributed by atoms with Gasteiger partial charge >= 0.3 is 0 Å². The number of phenols is 1. The van der Waals surface area contributed by atoms with E-state index >= 15 is 0 Å². The van der Waals surface area contributed by atoms with Gasteiger partial charge in [0, 0.05) is 17.8 Å². The Morgan fingerprint density at radius 1 is 1.56 bits per heavy atom. The smallest absolute Gasteiger partial charge is 0.119 e. The fourth-order valence-electron chi connectivity index (χ4n) is 2.24. The van der Waals surface area contributed by atoms with E-state index in [1.54, 1.807) is 6.07 Å². The zero-order valence-electron chi connectivity index (χ0n) is 9.86. The van der Waals surface area contributed by atoms with Crippen molar-refractivity contribution < 1.29 is 5.11 Å². The van der Waals surface area contributed by atoms with Gasteiger partial charge in [-0.2, -0.15) is 11.8 Å². The SMILES string of the molecule is CSC(C)CNC1CCc2c(O)cccc21. The first-order valence-electron chi connectivity index (χ1n) is 5.79. The van der Waals surface area contributed by atoms with Crippen molar-refractivity contribution in [2.24, 2.45) is 0 Å². The number of phenolic OH excluding ortho intramolecular Hbond substituents is 1. The number of fused-ring (bicyclic) bond motifs is 1. The van der Waals surface area contributed by atoms with E-state index in [9.17, 15) is 5.11 Å². The van der Waals surface area contributed by atoms with Crippen molar-refractivity contribution in [1.29, 1.82) is 0 Å². The lowest BCUT2D eigenvalue weighted by Crippen LogP contribution is -2.26. The summed E-state index contributed by atoms with van der Waals surface area (Å²) < 4.78 is 0. The summed E-state index contributed by atoms with van der Waals surface area (Å²) in [6.45, 7) is 3.26. The Morgan fingerprint density at radius 3 is 3.12 bits per heavy atom. The number of rotatable bonds is 4. The van der Waals surface area contributed by atoms with Gasteiger partial charge in [-0.25, -0.2) is 0 Å². The highest BCUT2D eigenvalue weighted by molar-refractivity contribution is 7.99. The molecule has 1 aliphatic carbocycles. The first kappa shape index (κ1) is 11.8. The van der Waals surface area contributed by atoms with Gasteiger partial charge < -0.3 is 10.4 Å². The Hall–Kier alpha value is -0.670. The van der Waals surface area contributed by atoms with E-state index in [2.05, 4.69) is 24.6 Å². The monoisotopic (exact) mass is 237 g/mol. The van der Waals surface area contributed by atoms with Crippen LogP contribution < -0.4 is 5.32 Å². The van der Waals surface area contributed by atoms with Gasteiger partial charge in [0.2, 0.25) is 0 Å². The van der Waals surface area contributed by atoms with Crippen LogP contribution in [0.4, 0.5) is 0 Å². The second kappa shape index (κ2) is 5.11. The fourth-order valence-corrected chi connectivity index (χ4v) is 2.50. The Kier molecular flexibility index (Phi) is 3.77. The zero-order valence-corrected chi connectivity index (χ0v) is 10.7. The summed E-state index contributed by atoms with van der Waals surface area (Å²) in [6, 6.07) is 6.28. The van der Waals surface area contributed by atoms with Crippen molar-refractivity contribution in [3.63, 3.8) is 0 Å². The van der Waals surface area contributed by atoms with E-state index in [-0.39, 0.29) is 0 Å². The Balaban J connectivity index is 2.03. The lowest BCUT2D eigenvalue weighted by atomic mass is 10.1. The zero-order chi connectivity index (χ0) is 11.5. The van der Waals surface area contributed by atoms with Gasteiger partial charge in [-0.3, -0.25) is 0 Å². The van der Waals surface area contributed by atoms with Gasteiger partial charge in [0.05, 0.1) is 0 Å². The van der Waals surface area contributed by atoms with Crippen LogP contribution in [0.2, 0.25) is 0 Å². The van der Waals surface area contributed by atoms with E-state index in [0.29, 0.717) is 17.0 Å². The van der Waals surface area contributed by atoms with Gasteiger partial charge in [0.25, 0.3) is 0 Å². The molecule has 0 amide bonds. The quantitative estimate of drug-likeness (QED) is 0.844. The first-order chi connectivity index (χ1) is 7.72. The van der Waals surface area contributed by atoms with Gasteiger partial charge in [0.1, 0.15) is 5.75 Å². The van der Waals surface area contributed by atoms with E-state index < -0.39 is 0 Å². The van der Waals surface area contributed by atoms with Crippen molar-refractivity contribution >= 4 is 11.8 Å². The number of aromatic hydroxyl groups is 1. The maximum atomic E-state index is 9.74. The minimum atomic E-state index is 0.427. The van der Waals surface area contributed by atoms with Crippen LogP contribution in [0, 0.1) is 0 Å². The van der Waals surface area contributed by atoms with Crippen molar-refractivity contribution in [1.82, 2.24) is 5.32 Å². The minimum Gasteiger partial charge on any atom is -0.508 e. The Labute approximate surface area is 101 Å². The molecule has 0 fully saturated rings. The molecule has 2 nitrogen and oxygen atoms in total. The van der Waals surface area contributed by atoms with Crippen LogP contribution in [-0.4, -0.2) is 23.2 Å². The van der Waals surface area contributed by atoms with E-state index in [4.69, 9.17) is 0 Å². The molecule has 2 unspecified atom stereocenters. The molecule has 0 radical (unpaired) electrons. The third kappa shape index (κ3) is 2.36. The number of benzene rings is 1. The van der Waals surface area contributed by atoms with Crippen LogP contribution in [0.15, 0.2) is 18.2 Å². The van der Waals surface area contributed by atoms with Gasteiger partial charge in [-0.05, 0) is 36.3 Å². The van der Waals surface area contributed by atoms with Crippen LogP contribution >= 0.6 is 11.8 Å². The maximum Gasteiger partial charge on any atom is 0.119 e. The fraction of sp³-hybridized carbons (Fsp3) is 0.538. The average molecular weight is 237 g/mol. The van der Waals surface area contributed by atoms with Crippen molar-refractivity contribution in [2.45, 2.75) is 31.1 Å². The summed E-state index contributed by atoms with van der Waals surface area (Å²) >= 11 is 1.88. The van der Waals surface area contributed by atoms with Crippen LogP contribution in [-0.2, 0) is 6.42 Å². The van der Waals surface area contributed by atoms with Crippen LogP contribution in [0.1, 0.15) is 30.5 Å². The number of thioether (sulfide) groups is 1. The Bertz CT molecular complexity index is 367. The molecule has 1 aromatic rings. The molecule has 88 valence electrons. The van der Waals surface area contributed by atoms with E-state index in [1.807, 2.05) is 17.8 Å². The molecule has 0 aliphatic heterocycles. The lowest BCUT2D eigenvalue weighted by molar-refractivity contribution is 0.469. The molecular weight excluding hydrogens is 218 g/mol. The summed E-state index contributed by atoms with van der Waals surface area (Å²) in [5, 5.41) is 14.0. The molecule has 16 heavy (non-hydrogen) atoms. The third-order valence-corrected chi connectivity index (χ3v) is 4.27. The van der Waals surface area contributed by atoms with Crippen LogP contribution in [0.3, 0.4) is 0 Å². The molecule has 2 rings (SSSR count). The minimum absolute atomic E-state index is 0.427. The largest absolute Gasteiger partial charge is 0.508 e. The predicted molar refractivity (Wildman–Crippen MR) is 70.1 cm³/mol. The first-order valence-corrected chi connectivity index (χ1v) is 7.08. The number of hydrogen-bond donors (Lipinski definition) is 2. The molecule has 0 spiro atoms. The Morgan fingerprint density at radius 2 is 2.38 bits per heavy atom. The average Bonchev–Trinajstić information content (AvgIpc) is 2.70. The third-order valence-electron chi connectivity index (χ3n) is 3.30. The maximum absolute atomic E-state index is 9.74. The summed E-state index contributed by atoms with van der Waals surface area (Å²) in [5.74, 6) is 0.458. The van der Waals surface area contributed by atoms with Crippen LogP contribution in [0.5, 0.6) is 5.75 Å². The topological polar surface area (TPSA) is 32.3 Å². The van der Waals surface area contributed by atoms with Crippen molar-refractivity contribution in [3.05, 3.63) is 29.3 Å². The molecule has 2 N–H and O–H groups in total. The second-order valence-electron chi connectivity index (χ2n) is 4.39. The lowest BCUT2D eigenvalue weighted by Gasteiger charge is -2.16. The highest BCUT2D eigenvalue weighted by Gasteiger charge is 2.24. The summed E-state index contributed by atoms with van der Waals surface area (Å²) in [5.41, 5.74) is 2.42. The van der Waals surface area contributed by atoms with Crippen LogP contribution in [0.25, 0.3) is 0 Å². The van der Waals surface area contributed by atoms with E-state index in [0.717, 1.165) is 24.9 Å². The highest BCUT2D eigenvalue weighted by Crippen LogP contribution is 2.36. The molecule has 0 saturated heterocycles. The van der Waals surface area contributed by atoms with Gasteiger partial charge in [-0.15, -0.1) is 0 Å². The molecule has 1 aromatic carbocycles. The van der Waals surface area contributed by atoms with Gasteiger partial charge in [-0.1, -0.05) is 19.1 Å². The van der Waals surface area contributed by atoms with Crippen molar-refractivity contribution in [2.75, 3.05) is 12.8 Å². The molecule has 1 aliphatic rings. The molecule has 0 saturated carbocycles.